The van der Waals surface area contributed by atoms with Crippen molar-refractivity contribution in [2.75, 3.05) is 53.4 Å². The van der Waals surface area contributed by atoms with Gasteiger partial charge in [-0.25, -0.2) is 0 Å². The Morgan fingerprint density at radius 3 is 1.65 bits per heavy atom. The first-order valence-corrected chi connectivity index (χ1v) is 12.0. The van der Waals surface area contributed by atoms with Crippen LogP contribution in [0.15, 0.2) is 35.9 Å². The van der Waals surface area contributed by atoms with Crippen molar-refractivity contribution in [3.05, 3.63) is 47.0 Å². The maximum Gasteiger partial charge on any atom is 0.0163 e. The van der Waals surface area contributed by atoms with Crippen molar-refractivity contribution in [1.29, 1.82) is 0 Å². The highest BCUT2D eigenvalue weighted by Gasteiger charge is 2.15. The Morgan fingerprint density at radius 2 is 1.26 bits per heavy atom. The van der Waals surface area contributed by atoms with Gasteiger partial charge in [-0.05, 0) is 58.7 Å². The minimum Gasteiger partial charge on any atom is -0.304 e. The molecule has 0 aromatic heterocycles. The molecule has 2 aliphatic rings. The summed E-state index contributed by atoms with van der Waals surface area (Å²) in [5, 5.41) is 0. The van der Waals surface area contributed by atoms with Crippen LogP contribution in [-0.2, 0) is 0 Å². The summed E-state index contributed by atoms with van der Waals surface area (Å²) in [7, 11) is 4.37. The third kappa shape index (κ3) is 12.5. The number of likely N-dealkylation sites (N-methyl/N-ethyl adjacent to an activating group) is 2. The number of piperazine rings is 1. The molecule has 1 aromatic rings. The van der Waals surface area contributed by atoms with Gasteiger partial charge in [-0.3, -0.25) is 4.90 Å². The van der Waals surface area contributed by atoms with Crippen molar-refractivity contribution in [3.8, 4) is 0 Å². The molecule has 3 nitrogen and oxygen atoms in total. The van der Waals surface area contributed by atoms with E-state index in [1.807, 2.05) is 0 Å². The summed E-state index contributed by atoms with van der Waals surface area (Å²) < 4.78 is 0. The van der Waals surface area contributed by atoms with Crippen LogP contribution in [0.4, 0.5) is 0 Å². The molecule has 3 heteroatoms. The van der Waals surface area contributed by atoms with Crippen LogP contribution in [0.3, 0.4) is 0 Å². The zero-order chi connectivity index (χ0) is 22.7. The second kappa shape index (κ2) is 15.6. The minimum absolute atomic E-state index is 0. The SMILES string of the molecule is C.CC(C)C1=CCN(C)CC1.CC(C)N1CCN(C)CC1.Cc1ccc(C(C)C)cc1. The van der Waals surface area contributed by atoms with Crippen molar-refractivity contribution in [2.45, 2.75) is 74.3 Å². The van der Waals surface area contributed by atoms with Gasteiger partial charge in [0.25, 0.3) is 0 Å². The first-order chi connectivity index (χ1) is 14.1. The van der Waals surface area contributed by atoms with Gasteiger partial charge < -0.3 is 9.80 Å². The molecule has 0 atom stereocenters. The molecule has 0 amide bonds. The van der Waals surface area contributed by atoms with Crippen molar-refractivity contribution < 1.29 is 0 Å². The van der Waals surface area contributed by atoms with E-state index in [9.17, 15) is 0 Å². The van der Waals surface area contributed by atoms with Gasteiger partial charge in [0, 0.05) is 45.3 Å². The summed E-state index contributed by atoms with van der Waals surface area (Å²) in [6.45, 7) is 23.0. The normalized spacial score (nSPS) is 18.0. The van der Waals surface area contributed by atoms with Crippen LogP contribution in [0, 0.1) is 12.8 Å². The van der Waals surface area contributed by atoms with E-state index in [0.717, 1.165) is 18.5 Å². The molecule has 2 heterocycles. The second-order valence-electron chi connectivity index (χ2n) is 9.94. The molecular weight excluding hydrogens is 378 g/mol. The third-order valence-electron chi connectivity index (χ3n) is 6.20. The lowest BCUT2D eigenvalue weighted by Crippen LogP contribution is -2.47. The number of benzene rings is 1. The Hall–Kier alpha value is -1.16. The molecular formula is C28H53N3. The molecule has 31 heavy (non-hydrogen) atoms. The zero-order valence-electron chi connectivity index (χ0n) is 21.4. The lowest BCUT2D eigenvalue weighted by Gasteiger charge is -2.34. The number of hydrogen-bond donors (Lipinski definition) is 0. The Balaban J connectivity index is 0.000000429. The van der Waals surface area contributed by atoms with Crippen LogP contribution < -0.4 is 0 Å². The summed E-state index contributed by atoms with van der Waals surface area (Å²) >= 11 is 0. The average Bonchev–Trinajstić information content (AvgIpc) is 2.70. The van der Waals surface area contributed by atoms with E-state index >= 15 is 0 Å². The standard InChI is InChI=1S/C10H14.C9H17N.C8H18N2.CH4/c1-8(2)10-6-4-9(3)5-7-10;1-8(2)9-4-6-10(3)7-5-9;1-8(2)10-6-4-9(3)5-7-10;/h4-8H,1-3H3;4,8H,5-7H2,1-3H3;8H,4-7H2,1-3H3;1H4. The van der Waals surface area contributed by atoms with Crippen molar-refractivity contribution in [2.24, 2.45) is 5.92 Å². The third-order valence-corrected chi connectivity index (χ3v) is 6.20. The van der Waals surface area contributed by atoms with Crippen LogP contribution in [0.5, 0.6) is 0 Å². The summed E-state index contributed by atoms with van der Waals surface area (Å²) in [4.78, 5) is 7.27. The molecule has 180 valence electrons. The zero-order valence-corrected chi connectivity index (χ0v) is 21.4. The van der Waals surface area contributed by atoms with Gasteiger partial charge in [-0.15, -0.1) is 0 Å². The lowest BCUT2D eigenvalue weighted by molar-refractivity contribution is 0.126. The molecule has 3 rings (SSSR count). The summed E-state index contributed by atoms with van der Waals surface area (Å²) in [5.74, 6) is 1.41. The van der Waals surface area contributed by atoms with E-state index in [2.05, 4.69) is 108 Å². The predicted octanol–water partition coefficient (Wildman–Crippen LogP) is 6.30. The van der Waals surface area contributed by atoms with Crippen LogP contribution in [0.2, 0.25) is 0 Å². The van der Waals surface area contributed by atoms with Crippen LogP contribution in [-0.4, -0.2) is 74.1 Å². The molecule has 1 aromatic carbocycles. The highest BCUT2D eigenvalue weighted by Crippen LogP contribution is 2.17. The molecule has 0 saturated carbocycles. The highest BCUT2D eigenvalue weighted by molar-refractivity contribution is 5.23. The first kappa shape index (κ1) is 29.8. The van der Waals surface area contributed by atoms with E-state index in [1.54, 1.807) is 5.57 Å². The van der Waals surface area contributed by atoms with Crippen molar-refractivity contribution >= 4 is 0 Å². The molecule has 1 saturated heterocycles. The fraction of sp³-hybridized carbons (Fsp3) is 0.714. The van der Waals surface area contributed by atoms with E-state index in [1.165, 1.54) is 50.3 Å². The maximum atomic E-state index is 2.53. The summed E-state index contributed by atoms with van der Waals surface area (Å²) in [5.41, 5.74) is 4.40. The van der Waals surface area contributed by atoms with Gasteiger partial charge >= 0.3 is 0 Å². The summed E-state index contributed by atoms with van der Waals surface area (Å²) in [6.07, 6.45) is 3.64. The van der Waals surface area contributed by atoms with E-state index < -0.39 is 0 Å². The number of nitrogens with zero attached hydrogens (tertiary/aromatic N) is 3. The first-order valence-electron chi connectivity index (χ1n) is 12.0. The van der Waals surface area contributed by atoms with Gasteiger partial charge in [-0.2, -0.15) is 0 Å². The number of aryl methyl sites for hydroxylation is 1. The fourth-order valence-corrected chi connectivity index (χ4v) is 3.60. The van der Waals surface area contributed by atoms with Gasteiger partial charge in [0.05, 0.1) is 0 Å². The lowest BCUT2D eigenvalue weighted by atomic mass is 9.97. The van der Waals surface area contributed by atoms with Crippen LogP contribution >= 0.6 is 0 Å². The van der Waals surface area contributed by atoms with Gasteiger partial charge in [-0.1, -0.05) is 76.6 Å². The maximum absolute atomic E-state index is 2.53. The van der Waals surface area contributed by atoms with Gasteiger partial charge in [0.1, 0.15) is 0 Å². The van der Waals surface area contributed by atoms with E-state index in [-0.39, 0.29) is 7.43 Å². The molecule has 0 N–H and O–H groups in total. The molecule has 0 unspecified atom stereocenters. The topological polar surface area (TPSA) is 9.72 Å². The van der Waals surface area contributed by atoms with Crippen LogP contribution in [0.1, 0.15) is 72.4 Å². The minimum atomic E-state index is 0. The van der Waals surface area contributed by atoms with E-state index in [4.69, 9.17) is 0 Å². The molecule has 0 radical (unpaired) electrons. The Kier molecular flexibility index (Phi) is 15.0. The molecule has 2 aliphatic heterocycles. The van der Waals surface area contributed by atoms with Crippen molar-refractivity contribution in [3.63, 3.8) is 0 Å². The monoisotopic (exact) mass is 431 g/mol. The van der Waals surface area contributed by atoms with Crippen molar-refractivity contribution in [1.82, 2.24) is 14.7 Å². The average molecular weight is 432 g/mol. The Morgan fingerprint density at radius 1 is 0.710 bits per heavy atom. The quantitative estimate of drug-likeness (QED) is 0.520. The van der Waals surface area contributed by atoms with Crippen LogP contribution in [0.25, 0.3) is 0 Å². The predicted molar refractivity (Wildman–Crippen MR) is 141 cm³/mol. The Bertz CT molecular complexity index is 593. The number of rotatable bonds is 3. The van der Waals surface area contributed by atoms with Gasteiger partial charge in [0.2, 0.25) is 0 Å². The molecule has 0 aliphatic carbocycles. The second-order valence-corrected chi connectivity index (χ2v) is 9.94. The smallest absolute Gasteiger partial charge is 0.0163 e. The molecule has 1 fully saturated rings. The largest absolute Gasteiger partial charge is 0.304 e. The fourth-order valence-electron chi connectivity index (χ4n) is 3.60. The Labute approximate surface area is 195 Å². The van der Waals surface area contributed by atoms with Gasteiger partial charge in [0.15, 0.2) is 0 Å². The molecule has 0 bridgehead atoms. The molecule has 0 spiro atoms. The van der Waals surface area contributed by atoms with E-state index in [0.29, 0.717) is 5.92 Å². The number of hydrogen-bond acceptors (Lipinski definition) is 3. The summed E-state index contributed by atoms with van der Waals surface area (Å²) in [6, 6.07) is 9.44. The highest BCUT2D eigenvalue weighted by atomic mass is 15.3.